The van der Waals surface area contributed by atoms with Gasteiger partial charge < -0.3 is 11.1 Å². The number of hydrogen-bond donors (Lipinski definition) is 2. The second-order valence-electron chi connectivity index (χ2n) is 4.01. The monoisotopic (exact) mass is 196 g/mol. The molecule has 1 heterocycles. The molecule has 4 nitrogen and oxygen atoms in total. The Bertz CT molecular complexity index is 290. The van der Waals surface area contributed by atoms with Crippen molar-refractivity contribution >= 4 is 11.5 Å². The number of rotatable bonds is 4. The Morgan fingerprint density at radius 3 is 2.57 bits per heavy atom. The summed E-state index contributed by atoms with van der Waals surface area (Å²) in [6.07, 6.45) is 2.89. The standard InChI is InChI=1S/C10H20N4/c1-5-9(7(2)3)12-10-8(11)6-14(4)13-10/h6-7,9H,5,11H2,1-4H3,(H,12,13). The maximum atomic E-state index is 5.80. The molecule has 0 spiro atoms. The first-order valence-electron chi connectivity index (χ1n) is 5.10. The third-order valence-corrected chi connectivity index (χ3v) is 2.42. The molecule has 14 heavy (non-hydrogen) atoms. The van der Waals surface area contributed by atoms with Crippen LogP contribution in [0.25, 0.3) is 0 Å². The first-order valence-corrected chi connectivity index (χ1v) is 5.10. The second kappa shape index (κ2) is 4.35. The summed E-state index contributed by atoms with van der Waals surface area (Å²) in [6, 6.07) is 0.437. The molecule has 0 amide bonds. The molecule has 0 saturated carbocycles. The topological polar surface area (TPSA) is 55.9 Å². The Hall–Kier alpha value is -1.19. The highest BCUT2D eigenvalue weighted by Crippen LogP contribution is 2.19. The molecule has 0 aliphatic rings. The summed E-state index contributed by atoms with van der Waals surface area (Å²) < 4.78 is 1.73. The summed E-state index contributed by atoms with van der Waals surface area (Å²) in [5, 5.41) is 7.62. The Balaban J connectivity index is 2.71. The molecular weight excluding hydrogens is 176 g/mol. The fourth-order valence-corrected chi connectivity index (χ4v) is 1.53. The van der Waals surface area contributed by atoms with Crippen molar-refractivity contribution in [2.45, 2.75) is 33.2 Å². The van der Waals surface area contributed by atoms with Gasteiger partial charge >= 0.3 is 0 Å². The van der Waals surface area contributed by atoms with Crippen molar-refractivity contribution in [2.75, 3.05) is 11.1 Å². The van der Waals surface area contributed by atoms with Crippen LogP contribution in [-0.4, -0.2) is 15.8 Å². The minimum Gasteiger partial charge on any atom is -0.394 e. The van der Waals surface area contributed by atoms with E-state index in [9.17, 15) is 0 Å². The van der Waals surface area contributed by atoms with E-state index in [0.29, 0.717) is 17.6 Å². The van der Waals surface area contributed by atoms with E-state index in [-0.39, 0.29) is 0 Å². The van der Waals surface area contributed by atoms with E-state index in [1.54, 1.807) is 4.68 Å². The first kappa shape index (κ1) is 10.9. The molecule has 0 radical (unpaired) electrons. The van der Waals surface area contributed by atoms with E-state index in [1.807, 2.05) is 13.2 Å². The van der Waals surface area contributed by atoms with Crippen molar-refractivity contribution < 1.29 is 0 Å². The smallest absolute Gasteiger partial charge is 0.171 e. The molecule has 0 aliphatic carbocycles. The Morgan fingerprint density at radius 2 is 2.21 bits per heavy atom. The molecule has 1 aromatic heterocycles. The highest BCUT2D eigenvalue weighted by atomic mass is 15.3. The SMILES string of the molecule is CCC(Nc1nn(C)cc1N)C(C)C. The molecule has 3 N–H and O–H groups in total. The van der Waals surface area contributed by atoms with Gasteiger partial charge in [-0.2, -0.15) is 5.10 Å². The molecule has 1 unspecified atom stereocenters. The minimum atomic E-state index is 0.437. The lowest BCUT2D eigenvalue weighted by Gasteiger charge is -2.20. The maximum absolute atomic E-state index is 5.80. The zero-order chi connectivity index (χ0) is 10.7. The zero-order valence-electron chi connectivity index (χ0n) is 9.41. The predicted octanol–water partition coefficient (Wildman–Crippen LogP) is 1.85. The third kappa shape index (κ3) is 2.40. The number of hydrogen-bond acceptors (Lipinski definition) is 3. The summed E-state index contributed by atoms with van der Waals surface area (Å²) in [6.45, 7) is 6.55. The van der Waals surface area contributed by atoms with Crippen LogP contribution in [0.3, 0.4) is 0 Å². The van der Waals surface area contributed by atoms with Gasteiger partial charge in [-0.25, -0.2) is 0 Å². The van der Waals surface area contributed by atoms with Crippen molar-refractivity contribution in [1.29, 1.82) is 0 Å². The number of nitrogens with two attached hydrogens (primary N) is 1. The number of aromatic nitrogens is 2. The van der Waals surface area contributed by atoms with E-state index in [0.717, 1.165) is 12.2 Å². The van der Waals surface area contributed by atoms with Crippen LogP contribution < -0.4 is 11.1 Å². The molecule has 80 valence electrons. The fraction of sp³-hybridized carbons (Fsp3) is 0.700. The zero-order valence-corrected chi connectivity index (χ0v) is 9.41. The van der Waals surface area contributed by atoms with Crippen LogP contribution in [0.1, 0.15) is 27.2 Å². The molecule has 0 aliphatic heterocycles. The lowest BCUT2D eigenvalue weighted by Crippen LogP contribution is -2.25. The van der Waals surface area contributed by atoms with Crippen molar-refractivity contribution in [3.05, 3.63) is 6.20 Å². The van der Waals surface area contributed by atoms with Gasteiger partial charge in [0.2, 0.25) is 0 Å². The largest absolute Gasteiger partial charge is 0.394 e. The van der Waals surface area contributed by atoms with Gasteiger partial charge in [0.15, 0.2) is 5.82 Å². The van der Waals surface area contributed by atoms with Gasteiger partial charge in [-0.05, 0) is 12.3 Å². The van der Waals surface area contributed by atoms with E-state index < -0.39 is 0 Å². The fourth-order valence-electron chi connectivity index (χ4n) is 1.53. The van der Waals surface area contributed by atoms with Gasteiger partial charge in [0.05, 0.1) is 5.69 Å². The number of anilines is 2. The maximum Gasteiger partial charge on any atom is 0.171 e. The van der Waals surface area contributed by atoms with Crippen molar-refractivity contribution in [1.82, 2.24) is 9.78 Å². The molecular formula is C10H20N4. The summed E-state index contributed by atoms with van der Waals surface area (Å²) >= 11 is 0. The van der Waals surface area contributed by atoms with Crippen LogP contribution in [0.2, 0.25) is 0 Å². The molecule has 4 heteroatoms. The van der Waals surface area contributed by atoms with Gasteiger partial charge in [0.1, 0.15) is 0 Å². The number of aryl methyl sites for hydroxylation is 1. The van der Waals surface area contributed by atoms with Gasteiger partial charge in [0.25, 0.3) is 0 Å². The van der Waals surface area contributed by atoms with Crippen molar-refractivity contribution in [2.24, 2.45) is 13.0 Å². The van der Waals surface area contributed by atoms with Crippen LogP contribution >= 0.6 is 0 Å². The molecule has 0 aromatic carbocycles. The summed E-state index contributed by atoms with van der Waals surface area (Å²) in [5.41, 5.74) is 6.51. The average molecular weight is 196 g/mol. The van der Waals surface area contributed by atoms with E-state index >= 15 is 0 Å². The first-order chi connectivity index (χ1) is 6.54. The molecule has 1 atom stereocenters. The van der Waals surface area contributed by atoms with E-state index in [4.69, 9.17) is 5.73 Å². The summed E-state index contributed by atoms with van der Waals surface area (Å²) in [4.78, 5) is 0. The molecule has 0 fully saturated rings. The number of nitrogen functional groups attached to an aromatic ring is 1. The van der Waals surface area contributed by atoms with E-state index in [1.165, 1.54) is 0 Å². The van der Waals surface area contributed by atoms with Gasteiger partial charge in [-0.3, -0.25) is 4.68 Å². The predicted molar refractivity (Wildman–Crippen MR) is 60.2 cm³/mol. The van der Waals surface area contributed by atoms with Crippen LogP contribution in [0.15, 0.2) is 6.20 Å². The van der Waals surface area contributed by atoms with E-state index in [2.05, 4.69) is 31.2 Å². The van der Waals surface area contributed by atoms with Gasteiger partial charge in [-0.1, -0.05) is 20.8 Å². The Morgan fingerprint density at radius 1 is 1.57 bits per heavy atom. The van der Waals surface area contributed by atoms with Crippen LogP contribution in [0, 0.1) is 5.92 Å². The summed E-state index contributed by atoms with van der Waals surface area (Å²) in [7, 11) is 1.87. The van der Waals surface area contributed by atoms with Crippen LogP contribution in [0.4, 0.5) is 11.5 Å². The molecule has 0 saturated heterocycles. The lowest BCUT2D eigenvalue weighted by molar-refractivity contribution is 0.509. The normalized spacial score (nSPS) is 13.2. The minimum absolute atomic E-state index is 0.437. The summed E-state index contributed by atoms with van der Waals surface area (Å²) in [5.74, 6) is 1.38. The molecule has 0 bridgehead atoms. The highest BCUT2D eigenvalue weighted by Gasteiger charge is 2.13. The second-order valence-corrected chi connectivity index (χ2v) is 4.01. The molecule has 1 aromatic rings. The number of nitrogens with one attached hydrogen (secondary N) is 1. The lowest BCUT2D eigenvalue weighted by atomic mass is 10.0. The third-order valence-electron chi connectivity index (χ3n) is 2.42. The van der Waals surface area contributed by atoms with Crippen LogP contribution in [0.5, 0.6) is 0 Å². The molecule has 1 rings (SSSR count). The average Bonchev–Trinajstić information content (AvgIpc) is 2.40. The van der Waals surface area contributed by atoms with Gasteiger partial charge in [0, 0.05) is 19.3 Å². The Kier molecular flexibility index (Phi) is 3.38. The van der Waals surface area contributed by atoms with Gasteiger partial charge in [-0.15, -0.1) is 0 Å². The van der Waals surface area contributed by atoms with Crippen molar-refractivity contribution in [3.8, 4) is 0 Å². The Labute approximate surface area is 85.5 Å². The number of nitrogens with zero attached hydrogens (tertiary/aromatic N) is 2. The van der Waals surface area contributed by atoms with Crippen molar-refractivity contribution in [3.63, 3.8) is 0 Å². The quantitative estimate of drug-likeness (QED) is 0.772. The highest BCUT2D eigenvalue weighted by molar-refractivity contribution is 5.60. The van der Waals surface area contributed by atoms with Crippen LogP contribution in [-0.2, 0) is 7.05 Å².